The molecule has 0 unspecified atom stereocenters. The van der Waals surface area contributed by atoms with Crippen LogP contribution in [0.4, 0.5) is 0 Å². The second-order valence-electron chi connectivity index (χ2n) is 9.19. The van der Waals surface area contributed by atoms with Crippen LogP contribution in [0.1, 0.15) is 12.8 Å². The quantitative estimate of drug-likeness (QED) is 0.320. The van der Waals surface area contributed by atoms with Crippen LogP contribution in [0.2, 0.25) is 0 Å². The fraction of sp³-hybridized carbons (Fsp3) is 0.179. The summed E-state index contributed by atoms with van der Waals surface area (Å²) in [5.41, 5.74) is 7.05. The van der Waals surface area contributed by atoms with E-state index in [9.17, 15) is 0 Å². The number of nitrogens with zero attached hydrogens (tertiary/aromatic N) is 5. The number of benzene rings is 1. The first-order valence-electron chi connectivity index (χ1n) is 12.4. The minimum absolute atomic E-state index is 0.243. The summed E-state index contributed by atoms with van der Waals surface area (Å²) < 4.78 is 6.25. The van der Waals surface area contributed by atoms with Crippen molar-refractivity contribution in [3.63, 3.8) is 0 Å². The number of aromatic nitrogens is 7. The smallest absolute Gasteiger partial charge is 0.159 e. The predicted octanol–water partition coefficient (Wildman–Crippen LogP) is 4.76. The van der Waals surface area contributed by atoms with Crippen molar-refractivity contribution >= 4 is 21.9 Å². The monoisotopic (exact) mass is 488 g/mol. The minimum Gasteiger partial charge on any atom is -0.490 e. The maximum atomic E-state index is 6.25. The van der Waals surface area contributed by atoms with Crippen LogP contribution in [0.15, 0.2) is 73.4 Å². The minimum atomic E-state index is 0.243. The first kappa shape index (κ1) is 21.6. The number of H-pyrrole nitrogens is 2. The molecule has 0 spiro atoms. The predicted molar refractivity (Wildman–Crippen MR) is 142 cm³/mol. The van der Waals surface area contributed by atoms with Crippen molar-refractivity contribution in [2.45, 2.75) is 18.9 Å². The highest BCUT2D eigenvalue weighted by Crippen LogP contribution is 2.32. The number of hydrogen-bond donors (Lipinski definition) is 3. The van der Waals surface area contributed by atoms with Crippen LogP contribution < -0.4 is 10.1 Å². The molecule has 0 aliphatic carbocycles. The number of pyridine rings is 3. The van der Waals surface area contributed by atoms with Crippen molar-refractivity contribution in [2.75, 3.05) is 13.1 Å². The van der Waals surface area contributed by atoms with Gasteiger partial charge in [-0.1, -0.05) is 12.1 Å². The summed E-state index contributed by atoms with van der Waals surface area (Å²) in [4.78, 5) is 21.5. The van der Waals surface area contributed by atoms with Gasteiger partial charge in [-0.15, -0.1) is 0 Å². The number of hydrogen-bond acceptors (Lipinski definition) is 7. The molecular weight excluding hydrogens is 464 g/mol. The van der Waals surface area contributed by atoms with Crippen LogP contribution in [0.25, 0.3) is 55.8 Å². The molecule has 0 atom stereocenters. The highest BCUT2D eigenvalue weighted by atomic mass is 16.5. The van der Waals surface area contributed by atoms with Crippen molar-refractivity contribution in [1.29, 1.82) is 0 Å². The van der Waals surface area contributed by atoms with Gasteiger partial charge in [0, 0.05) is 35.1 Å². The normalized spacial score (nSPS) is 14.4. The Hall–Kier alpha value is -4.63. The van der Waals surface area contributed by atoms with Gasteiger partial charge in [0.2, 0.25) is 0 Å². The lowest BCUT2D eigenvalue weighted by Crippen LogP contribution is -2.34. The highest BCUT2D eigenvalue weighted by Gasteiger charge is 2.18. The van der Waals surface area contributed by atoms with Gasteiger partial charge in [0.15, 0.2) is 5.82 Å². The number of nitrogens with one attached hydrogen (secondary N) is 3. The van der Waals surface area contributed by atoms with E-state index in [0.717, 1.165) is 81.7 Å². The lowest BCUT2D eigenvalue weighted by molar-refractivity contribution is 0.162. The van der Waals surface area contributed by atoms with Gasteiger partial charge in [0.1, 0.15) is 17.5 Å². The summed E-state index contributed by atoms with van der Waals surface area (Å²) in [5.74, 6) is 1.54. The molecule has 7 rings (SSSR count). The zero-order valence-corrected chi connectivity index (χ0v) is 20.0. The second-order valence-corrected chi connectivity index (χ2v) is 9.19. The highest BCUT2D eigenvalue weighted by molar-refractivity contribution is 5.97. The fourth-order valence-corrected chi connectivity index (χ4v) is 4.88. The number of ether oxygens (including phenoxy) is 1. The maximum absolute atomic E-state index is 6.25. The number of piperidine rings is 1. The van der Waals surface area contributed by atoms with Crippen LogP contribution in [0.5, 0.6) is 5.75 Å². The Morgan fingerprint density at radius 1 is 0.865 bits per heavy atom. The van der Waals surface area contributed by atoms with E-state index in [4.69, 9.17) is 9.72 Å². The topological polar surface area (TPSA) is 117 Å². The molecular formula is C28H24N8O. The number of imidazole rings is 1. The molecule has 1 saturated heterocycles. The van der Waals surface area contributed by atoms with Gasteiger partial charge < -0.3 is 15.0 Å². The van der Waals surface area contributed by atoms with Gasteiger partial charge in [0.25, 0.3) is 0 Å². The molecule has 182 valence electrons. The molecule has 1 aliphatic heterocycles. The fourth-order valence-electron chi connectivity index (χ4n) is 4.88. The van der Waals surface area contributed by atoms with Crippen LogP contribution >= 0.6 is 0 Å². The van der Waals surface area contributed by atoms with Crippen molar-refractivity contribution in [1.82, 2.24) is 40.4 Å². The molecule has 3 N–H and O–H groups in total. The third-order valence-electron chi connectivity index (χ3n) is 6.78. The lowest BCUT2D eigenvalue weighted by Gasteiger charge is -2.24. The summed E-state index contributed by atoms with van der Waals surface area (Å²) >= 11 is 0. The Balaban J connectivity index is 1.26. The molecule has 0 saturated carbocycles. The number of rotatable bonds is 5. The summed E-state index contributed by atoms with van der Waals surface area (Å²) in [6, 6.07) is 14.1. The molecule has 6 heterocycles. The van der Waals surface area contributed by atoms with Crippen LogP contribution in [-0.2, 0) is 0 Å². The number of fused-ring (bicyclic) bond motifs is 2. The third kappa shape index (κ3) is 4.09. The summed E-state index contributed by atoms with van der Waals surface area (Å²) in [5, 5.41) is 12.0. The van der Waals surface area contributed by atoms with E-state index in [1.165, 1.54) is 0 Å². The van der Waals surface area contributed by atoms with Gasteiger partial charge >= 0.3 is 0 Å². The van der Waals surface area contributed by atoms with Crippen molar-refractivity contribution in [2.24, 2.45) is 0 Å². The van der Waals surface area contributed by atoms with E-state index >= 15 is 0 Å². The second kappa shape index (κ2) is 9.11. The van der Waals surface area contributed by atoms with Gasteiger partial charge in [0.05, 0.1) is 34.6 Å². The molecule has 37 heavy (non-hydrogen) atoms. The molecule has 5 aromatic heterocycles. The van der Waals surface area contributed by atoms with Crippen molar-refractivity contribution in [3.05, 3.63) is 73.4 Å². The zero-order chi connectivity index (χ0) is 24.6. The first-order chi connectivity index (χ1) is 18.3. The van der Waals surface area contributed by atoms with E-state index in [1.54, 1.807) is 18.6 Å². The molecule has 1 aromatic carbocycles. The van der Waals surface area contributed by atoms with Gasteiger partial charge in [-0.3, -0.25) is 20.1 Å². The molecule has 1 aliphatic rings. The van der Waals surface area contributed by atoms with E-state index in [0.29, 0.717) is 5.82 Å². The standard InChI is InChI=1S/C28H24N8O/c1-2-18(12-20(3-1)37-19-6-10-30-11-7-19)23-13-21-24(16-32-23)35-36-27(21)28-33-25-15-31-14-22(26(25)34-28)17-4-8-29-9-5-17/h1-5,8-9,12-16,19,30H,6-7,10-11H2,(H,33,34)(H,35,36). The Kier molecular flexibility index (Phi) is 5.32. The molecule has 9 heteroatoms. The van der Waals surface area contributed by atoms with Crippen molar-refractivity contribution < 1.29 is 4.74 Å². The Bertz CT molecular complexity index is 1700. The van der Waals surface area contributed by atoms with Gasteiger partial charge in [-0.05, 0) is 61.8 Å². The number of aromatic amines is 2. The zero-order valence-electron chi connectivity index (χ0n) is 20.0. The van der Waals surface area contributed by atoms with E-state index in [-0.39, 0.29) is 6.10 Å². The molecule has 0 bridgehead atoms. The average Bonchev–Trinajstić information content (AvgIpc) is 3.58. The summed E-state index contributed by atoms with van der Waals surface area (Å²) in [6.07, 6.45) is 11.2. The molecule has 0 radical (unpaired) electrons. The average molecular weight is 489 g/mol. The maximum Gasteiger partial charge on any atom is 0.159 e. The molecule has 1 fully saturated rings. The van der Waals surface area contributed by atoms with Crippen LogP contribution in [0.3, 0.4) is 0 Å². The van der Waals surface area contributed by atoms with E-state index < -0.39 is 0 Å². The van der Waals surface area contributed by atoms with E-state index in [1.807, 2.05) is 42.7 Å². The largest absolute Gasteiger partial charge is 0.490 e. The van der Waals surface area contributed by atoms with Gasteiger partial charge in [-0.25, -0.2) is 4.98 Å². The van der Waals surface area contributed by atoms with Crippen LogP contribution in [0, 0.1) is 0 Å². The molecule has 9 nitrogen and oxygen atoms in total. The molecule has 6 aromatic rings. The Morgan fingerprint density at radius 3 is 2.65 bits per heavy atom. The molecule has 0 amide bonds. The Morgan fingerprint density at radius 2 is 1.76 bits per heavy atom. The SMILES string of the molecule is c1cc(OC2CCNCC2)cc(-c2cc3c(-c4nc5c(-c6ccncc6)cncc5[nH]4)n[nH]c3cn2)c1. The lowest BCUT2D eigenvalue weighted by atomic mass is 10.1. The first-order valence-corrected chi connectivity index (χ1v) is 12.4. The van der Waals surface area contributed by atoms with Gasteiger partial charge in [-0.2, -0.15) is 5.10 Å². The third-order valence-corrected chi connectivity index (χ3v) is 6.78. The Labute approximate surface area is 212 Å². The summed E-state index contributed by atoms with van der Waals surface area (Å²) in [6.45, 7) is 1.99. The van der Waals surface area contributed by atoms with Crippen LogP contribution in [-0.4, -0.2) is 54.3 Å². The summed E-state index contributed by atoms with van der Waals surface area (Å²) in [7, 11) is 0. The van der Waals surface area contributed by atoms with E-state index in [2.05, 4.69) is 47.6 Å². The van der Waals surface area contributed by atoms with Crippen molar-refractivity contribution in [3.8, 4) is 39.7 Å².